The van der Waals surface area contributed by atoms with Gasteiger partial charge in [0.05, 0.1) is 17.1 Å². The fourth-order valence-corrected chi connectivity index (χ4v) is 3.20. The van der Waals surface area contributed by atoms with Gasteiger partial charge in [-0.2, -0.15) is 0 Å². The first-order valence-corrected chi connectivity index (χ1v) is 10.0. The molecule has 150 valence electrons. The molecule has 0 N–H and O–H groups in total. The number of rotatable bonds is 11. The molecule has 3 rings (SSSR count). The van der Waals surface area contributed by atoms with Crippen LogP contribution >= 0.6 is 0 Å². The highest BCUT2D eigenvalue weighted by molar-refractivity contribution is 5.07. The summed E-state index contributed by atoms with van der Waals surface area (Å²) >= 11 is 0. The number of aromatic nitrogens is 3. The Bertz CT molecular complexity index is 797. The van der Waals surface area contributed by atoms with Crippen LogP contribution in [-0.2, 0) is 19.6 Å². The summed E-state index contributed by atoms with van der Waals surface area (Å²) in [6.45, 7) is 10.4. The average molecular weight is 388 g/mol. The largest absolute Gasteiger partial charge is 0.290 e. The number of pyridine rings is 3. The molecule has 0 aliphatic heterocycles. The molecule has 0 bridgehead atoms. The molecule has 3 heterocycles. The fraction of sp³-hybridized carbons (Fsp3) is 0.292. The smallest absolute Gasteiger partial charge is 0.0544 e. The highest BCUT2D eigenvalue weighted by Crippen LogP contribution is 2.11. The van der Waals surface area contributed by atoms with E-state index in [2.05, 4.69) is 56.5 Å². The van der Waals surface area contributed by atoms with Gasteiger partial charge in [0.25, 0.3) is 0 Å². The summed E-state index contributed by atoms with van der Waals surface area (Å²) in [6, 6.07) is 18.4. The van der Waals surface area contributed by atoms with Gasteiger partial charge in [0.1, 0.15) is 0 Å². The van der Waals surface area contributed by atoms with Crippen LogP contribution in [0.5, 0.6) is 0 Å². The summed E-state index contributed by atoms with van der Waals surface area (Å²) in [7, 11) is 0. The Balaban J connectivity index is 1.69. The van der Waals surface area contributed by atoms with Crippen LogP contribution in [0.25, 0.3) is 0 Å². The topological polar surface area (TPSA) is 45.2 Å². The van der Waals surface area contributed by atoms with Gasteiger partial charge < -0.3 is 0 Å². The second kappa shape index (κ2) is 11.2. The molecule has 1 atom stereocenters. The minimum Gasteiger partial charge on any atom is -0.290 e. The molecular weight excluding hydrogens is 358 g/mol. The zero-order valence-corrected chi connectivity index (χ0v) is 17.1. The molecule has 1 unspecified atom stereocenters. The van der Waals surface area contributed by atoms with Gasteiger partial charge in [-0.15, -0.1) is 6.58 Å². The van der Waals surface area contributed by atoms with Crippen LogP contribution < -0.4 is 0 Å². The Morgan fingerprint density at radius 2 is 1.24 bits per heavy atom. The molecule has 0 amide bonds. The molecule has 0 saturated heterocycles. The average Bonchev–Trinajstić information content (AvgIpc) is 2.78. The van der Waals surface area contributed by atoms with E-state index in [0.717, 1.165) is 49.8 Å². The van der Waals surface area contributed by atoms with Crippen LogP contribution in [0.2, 0.25) is 0 Å². The van der Waals surface area contributed by atoms with Crippen molar-refractivity contribution in [1.82, 2.24) is 24.8 Å². The van der Waals surface area contributed by atoms with Crippen LogP contribution in [0, 0.1) is 0 Å². The summed E-state index contributed by atoms with van der Waals surface area (Å²) in [4.78, 5) is 18.3. The zero-order chi connectivity index (χ0) is 20.3. The van der Waals surface area contributed by atoms with Crippen molar-refractivity contribution in [2.75, 3.05) is 13.1 Å². The molecule has 0 fully saturated rings. The summed E-state index contributed by atoms with van der Waals surface area (Å²) in [6.07, 6.45) is 7.54. The molecule has 3 aromatic heterocycles. The lowest BCUT2D eigenvalue weighted by atomic mass is 10.2. The minimum atomic E-state index is 0.267. The first-order valence-electron chi connectivity index (χ1n) is 10.0. The minimum absolute atomic E-state index is 0.267. The second-order valence-corrected chi connectivity index (χ2v) is 7.12. The molecule has 0 spiro atoms. The Morgan fingerprint density at radius 3 is 1.66 bits per heavy atom. The first kappa shape index (κ1) is 20.8. The van der Waals surface area contributed by atoms with Gasteiger partial charge >= 0.3 is 0 Å². The number of hydrogen-bond acceptors (Lipinski definition) is 5. The molecule has 5 nitrogen and oxygen atoms in total. The van der Waals surface area contributed by atoms with Gasteiger partial charge in [0.2, 0.25) is 0 Å². The molecule has 0 aromatic carbocycles. The molecular formula is C24H29N5. The van der Waals surface area contributed by atoms with Crippen molar-refractivity contribution in [2.45, 2.75) is 32.6 Å². The van der Waals surface area contributed by atoms with Crippen molar-refractivity contribution in [1.29, 1.82) is 0 Å². The van der Waals surface area contributed by atoms with Crippen molar-refractivity contribution in [3.63, 3.8) is 0 Å². The van der Waals surface area contributed by atoms with Crippen LogP contribution in [0.1, 0.15) is 24.0 Å². The summed E-state index contributed by atoms with van der Waals surface area (Å²) < 4.78 is 0. The third kappa shape index (κ3) is 6.89. The normalized spacial score (nSPS) is 12.2. The van der Waals surface area contributed by atoms with Crippen LogP contribution in [0.3, 0.4) is 0 Å². The Kier molecular flexibility index (Phi) is 8.04. The van der Waals surface area contributed by atoms with E-state index in [1.165, 1.54) is 0 Å². The van der Waals surface area contributed by atoms with Crippen LogP contribution in [0.4, 0.5) is 0 Å². The number of nitrogens with zero attached hydrogens (tertiary/aromatic N) is 5. The van der Waals surface area contributed by atoms with E-state index in [-0.39, 0.29) is 6.04 Å². The quantitative estimate of drug-likeness (QED) is 0.466. The molecule has 5 heteroatoms. The maximum absolute atomic E-state index is 4.50. The van der Waals surface area contributed by atoms with Crippen LogP contribution in [-0.4, -0.2) is 43.9 Å². The lowest BCUT2D eigenvalue weighted by Crippen LogP contribution is -2.38. The summed E-state index contributed by atoms with van der Waals surface area (Å²) in [5, 5.41) is 0. The van der Waals surface area contributed by atoms with E-state index in [4.69, 9.17) is 0 Å². The SMILES string of the molecule is C=CC(C)N(CCN(Cc1ccccn1)Cc1ccccn1)Cc1ccccn1. The van der Waals surface area contributed by atoms with Crippen molar-refractivity contribution in [2.24, 2.45) is 0 Å². The van der Waals surface area contributed by atoms with Gasteiger partial charge in [0, 0.05) is 57.4 Å². The Hall–Kier alpha value is -2.89. The molecule has 0 aliphatic rings. The predicted octanol–water partition coefficient (Wildman–Crippen LogP) is 3.95. The lowest BCUT2D eigenvalue weighted by Gasteiger charge is -2.30. The highest BCUT2D eigenvalue weighted by atomic mass is 15.2. The van der Waals surface area contributed by atoms with Crippen molar-refractivity contribution >= 4 is 0 Å². The van der Waals surface area contributed by atoms with Crippen LogP contribution in [0.15, 0.2) is 85.8 Å². The molecule has 3 aromatic rings. The molecule has 0 aliphatic carbocycles. The van der Waals surface area contributed by atoms with E-state index >= 15 is 0 Å². The lowest BCUT2D eigenvalue weighted by molar-refractivity contribution is 0.168. The molecule has 0 radical (unpaired) electrons. The fourth-order valence-electron chi connectivity index (χ4n) is 3.20. The second-order valence-electron chi connectivity index (χ2n) is 7.12. The molecule has 29 heavy (non-hydrogen) atoms. The Morgan fingerprint density at radius 1 is 0.759 bits per heavy atom. The van der Waals surface area contributed by atoms with Gasteiger partial charge in [-0.05, 0) is 43.3 Å². The zero-order valence-electron chi connectivity index (χ0n) is 17.1. The van der Waals surface area contributed by atoms with E-state index < -0.39 is 0 Å². The van der Waals surface area contributed by atoms with E-state index in [9.17, 15) is 0 Å². The predicted molar refractivity (Wildman–Crippen MR) is 117 cm³/mol. The van der Waals surface area contributed by atoms with Gasteiger partial charge in [-0.1, -0.05) is 24.3 Å². The van der Waals surface area contributed by atoms with Crippen molar-refractivity contribution in [3.8, 4) is 0 Å². The Labute approximate surface area is 173 Å². The summed E-state index contributed by atoms with van der Waals surface area (Å²) in [5.41, 5.74) is 3.20. The van der Waals surface area contributed by atoms with Gasteiger partial charge in [-0.3, -0.25) is 24.8 Å². The van der Waals surface area contributed by atoms with E-state index in [1.807, 2.05) is 61.1 Å². The first-order chi connectivity index (χ1) is 14.2. The molecule has 0 saturated carbocycles. The number of hydrogen-bond donors (Lipinski definition) is 0. The maximum atomic E-state index is 4.50. The third-order valence-electron chi connectivity index (χ3n) is 4.94. The summed E-state index contributed by atoms with van der Waals surface area (Å²) in [5.74, 6) is 0. The van der Waals surface area contributed by atoms with E-state index in [1.54, 1.807) is 0 Å². The van der Waals surface area contributed by atoms with Gasteiger partial charge in [0.15, 0.2) is 0 Å². The third-order valence-corrected chi connectivity index (χ3v) is 4.94. The van der Waals surface area contributed by atoms with Gasteiger partial charge in [-0.25, -0.2) is 0 Å². The van der Waals surface area contributed by atoms with Crippen molar-refractivity contribution < 1.29 is 0 Å². The maximum Gasteiger partial charge on any atom is 0.0544 e. The monoisotopic (exact) mass is 387 g/mol. The highest BCUT2D eigenvalue weighted by Gasteiger charge is 2.15. The van der Waals surface area contributed by atoms with Crippen molar-refractivity contribution in [3.05, 3.63) is 103 Å². The standard InChI is InChI=1S/C24H29N5/c1-3-21(2)29(20-24-12-6-9-15-27-24)17-16-28(18-22-10-4-7-13-25-22)19-23-11-5-8-14-26-23/h3-15,21H,1,16-20H2,2H3. The van der Waals surface area contributed by atoms with E-state index in [0.29, 0.717) is 0 Å².